The molecule has 2 aromatic carbocycles. The van der Waals surface area contributed by atoms with Crippen LogP contribution in [0.4, 0.5) is 11.4 Å². The molecule has 0 saturated carbocycles. The summed E-state index contributed by atoms with van der Waals surface area (Å²) in [7, 11) is 0. The molecule has 1 aliphatic rings. The average molecular weight is 280 g/mol. The molecule has 3 rings (SSSR count). The molecule has 1 heterocycles. The van der Waals surface area contributed by atoms with Gasteiger partial charge in [-0.2, -0.15) is 0 Å². The Balaban J connectivity index is 2.03. The Morgan fingerprint density at radius 3 is 2.76 bits per heavy atom. The quantitative estimate of drug-likeness (QED) is 0.921. The van der Waals surface area contributed by atoms with Gasteiger partial charge in [0.15, 0.2) is 0 Å². The van der Waals surface area contributed by atoms with Crippen molar-refractivity contribution in [3.8, 4) is 0 Å². The van der Waals surface area contributed by atoms with Crippen molar-refractivity contribution in [3.05, 3.63) is 59.2 Å². The van der Waals surface area contributed by atoms with Gasteiger partial charge in [0, 0.05) is 24.0 Å². The molecule has 0 aliphatic carbocycles. The summed E-state index contributed by atoms with van der Waals surface area (Å²) < 4.78 is 0. The van der Waals surface area contributed by atoms with E-state index in [-0.39, 0.29) is 6.04 Å². The van der Waals surface area contributed by atoms with Crippen molar-refractivity contribution in [2.45, 2.75) is 39.2 Å². The lowest BCUT2D eigenvalue weighted by Gasteiger charge is -2.33. The van der Waals surface area contributed by atoms with Crippen LogP contribution in [0, 0.1) is 6.92 Å². The molecule has 1 unspecified atom stereocenters. The summed E-state index contributed by atoms with van der Waals surface area (Å²) in [6.45, 7) is 5.33. The summed E-state index contributed by atoms with van der Waals surface area (Å²) in [4.78, 5) is 2.47. The molecule has 0 amide bonds. The van der Waals surface area contributed by atoms with E-state index in [1.165, 1.54) is 40.9 Å². The van der Waals surface area contributed by atoms with E-state index < -0.39 is 0 Å². The van der Waals surface area contributed by atoms with Crippen LogP contribution in [0.3, 0.4) is 0 Å². The van der Waals surface area contributed by atoms with Crippen LogP contribution in [0.5, 0.6) is 0 Å². The highest BCUT2D eigenvalue weighted by Crippen LogP contribution is 2.35. The van der Waals surface area contributed by atoms with Crippen molar-refractivity contribution >= 4 is 11.4 Å². The molecule has 1 aliphatic heterocycles. The summed E-state index contributed by atoms with van der Waals surface area (Å²) >= 11 is 0. The van der Waals surface area contributed by atoms with Gasteiger partial charge in [-0.25, -0.2) is 0 Å². The highest BCUT2D eigenvalue weighted by molar-refractivity contribution is 5.70. The molecule has 0 aromatic heterocycles. The molecular weight excluding hydrogens is 256 g/mol. The minimum Gasteiger partial charge on any atom is -0.341 e. The monoisotopic (exact) mass is 280 g/mol. The topological polar surface area (TPSA) is 29.3 Å². The average Bonchev–Trinajstić information content (AvgIpc) is 2.46. The van der Waals surface area contributed by atoms with Crippen LogP contribution >= 0.6 is 0 Å². The summed E-state index contributed by atoms with van der Waals surface area (Å²) in [5.74, 6) is 0. The molecule has 0 saturated heterocycles. The number of anilines is 2. The van der Waals surface area contributed by atoms with Crippen molar-refractivity contribution < 1.29 is 0 Å². The molecule has 1 atom stereocenters. The van der Waals surface area contributed by atoms with E-state index >= 15 is 0 Å². The lowest BCUT2D eigenvalue weighted by atomic mass is 9.97. The van der Waals surface area contributed by atoms with Gasteiger partial charge >= 0.3 is 0 Å². The second-order valence-corrected chi connectivity index (χ2v) is 6.20. The van der Waals surface area contributed by atoms with Gasteiger partial charge in [-0.15, -0.1) is 0 Å². The van der Waals surface area contributed by atoms with Crippen LogP contribution in [0.25, 0.3) is 0 Å². The normalized spacial score (nSPS) is 15.7. The van der Waals surface area contributed by atoms with Gasteiger partial charge in [-0.05, 0) is 56.4 Å². The van der Waals surface area contributed by atoms with Gasteiger partial charge in [0.05, 0.1) is 0 Å². The molecule has 0 fully saturated rings. The van der Waals surface area contributed by atoms with Crippen molar-refractivity contribution in [2.75, 3.05) is 11.4 Å². The first-order valence-electron chi connectivity index (χ1n) is 7.85. The lowest BCUT2D eigenvalue weighted by Crippen LogP contribution is -2.27. The first kappa shape index (κ1) is 14.2. The van der Waals surface area contributed by atoms with Gasteiger partial charge < -0.3 is 10.6 Å². The van der Waals surface area contributed by atoms with E-state index in [1.807, 2.05) is 0 Å². The van der Waals surface area contributed by atoms with Crippen molar-refractivity contribution in [1.29, 1.82) is 0 Å². The van der Waals surface area contributed by atoms with E-state index in [9.17, 15) is 0 Å². The molecule has 0 bridgehead atoms. The van der Waals surface area contributed by atoms with Gasteiger partial charge in [-0.1, -0.05) is 35.9 Å². The molecule has 2 N–H and O–H groups in total. The third kappa shape index (κ3) is 2.96. The number of fused-ring (bicyclic) bond motifs is 1. The predicted octanol–water partition coefficient (Wildman–Crippen LogP) is 3.97. The fraction of sp³-hybridized carbons (Fsp3) is 0.368. The molecule has 2 aromatic rings. The molecule has 2 nitrogen and oxygen atoms in total. The number of hydrogen-bond acceptors (Lipinski definition) is 2. The fourth-order valence-electron chi connectivity index (χ4n) is 3.27. The molecule has 21 heavy (non-hydrogen) atoms. The molecule has 0 radical (unpaired) electrons. The zero-order valence-corrected chi connectivity index (χ0v) is 13.0. The van der Waals surface area contributed by atoms with E-state index in [0.717, 1.165) is 13.0 Å². The maximum atomic E-state index is 6.02. The maximum absolute atomic E-state index is 6.02. The van der Waals surface area contributed by atoms with E-state index in [1.54, 1.807) is 0 Å². The third-order valence-electron chi connectivity index (χ3n) is 4.18. The lowest BCUT2D eigenvalue weighted by molar-refractivity contribution is 0.726. The first-order valence-corrected chi connectivity index (χ1v) is 7.85. The standard InChI is InChI=1S/C19H24N2/c1-14-9-10-19-16(12-14)7-5-11-21(19)18-8-4-3-6-17(18)13-15(2)20/h3-4,6,8-10,12,15H,5,7,11,13,20H2,1-2H3. The zero-order valence-electron chi connectivity index (χ0n) is 13.0. The highest BCUT2D eigenvalue weighted by Gasteiger charge is 2.20. The molecule has 0 spiro atoms. The van der Waals surface area contributed by atoms with Crippen molar-refractivity contribution in [2.24, 2.45) is 5.73 Å². The van der Waals surface area contributed by atoms with Crippen molar-refractivity contribution in [1.82, 2.24) is 0 Å². The summed E-state index contributed by atoms with van der Waals surface area (Å²) in [6, 6.07) is 15.7. The number of para-hydroxylation sites is 1. The van der Waals surface area contributed by atoms with E-state index in [4.69, 9.17) is 5.73 Å². The van der Waals surface area contributed by atoms with Gasteiger partial charge in [0.1, 0.15) is 0 Å². The number of nitrogens with two attached hydrogens (primary N) is 1. The number of aryl methyl sites for hydroxylation is 2. The Bertz CT molecular complexity index is 631. The summed E-state index contributed by atoms with van der Waals surface area (Å²) in [5.41, 5.74) is 12.9. The first-order chi connectivity index (χ1) is 10.1. The second kappa shape index (κ2) is 5.90. The zero-order chi connectivity index (χ0) is 14.8. The Morgan fingerprint density at radius 2 is 1.95 bits per heavy atom. The van der Waals surface area contributed by atoms with Crippen LogP contribution in [0.2, 0.25) is 0 Å². The number of hydrogen-bond donors (Lipinski definition) is 1. The molecule has 2 heteroatoms. The minimum atomic E-state index is 0.188. The second-order valence-electron chi connectivity index (χ2n) is 6.20. The van der Waals surface area contributed by atoms with Crippen LogP contribution in [-0.2, 0) is 12.8 Å². The Morgan fingerprint density at radius 1 is 1.14 bits per heavy atom. The molecule has 110 valence electrons. The summed E-state index contributed by atoms with van der Waals surface area (Å²) in [5, 5.41) is 0. The predicted molar refractivity (Wildman–Crippen MR) is 90.3 cm³/mol. The van der Waals surface area contributed by atoms with Gasteiger partial charge in [0.2, 0.25) is 0 Å². The Labute approximate surface area is 127 Å². The van der Waals surface area contributed by atoms with E-state index in [0.29, 0.717) is 0 Å². The fourth-order valence-corrected chi connectivity index (χ4v) is 3.27. The van der Waals surface area contributed by atoms with Crippen LogP contribution in [0.1, 0.15) is 30.0 Å². The van der Waals surface area contributed by atoms with Crippen LogP contribution < -0.4 is 10.6 Å². The minimum absolute atomic E-state index is 0.188. The maximum Gasteiger partial charge on any atom is 0.0443 e. The smallest absolute Gasteiger partial charge is 0.0443 e. The third-order valence-corrected chi connectivity index (χ3v) is 4.18. The van der Waals surface area contributed by atoms with Crippen LogP contribution in [-0.4, -0.2) is 12.6 Å². The van der Waals surface area contributed by atoms with Gasteiger partial charge in [0.25, 0.3) is 0 Å². The van der Waals surface area contributed by atoms with Crippen LogP contribution in [0.15, 0.2) is 42.5 Å². The van der Waals surface area contributed by atoms with E-state index in [2.05, 4.69) is 61.2 Å². The highest BCUT2D eigenvalue weighted by atomic mass is 15.1. The largest absolute Gasteiger partial charge is 0.341 e. The number of nitrogens with zero attached hydrogens (tertiary/aromatic N) is 1. The summed E-state index contributed by atoms with van der Waals surface area (Å²) in [6.07, 6.45) is 3.32. The Kier molecular flexibility index (Phi) is 3.98. The SMILES string of the molecule is Cc1ccc2c(c1)CCCN2c1ccccc1CC(C)N. The number of benzene rings is 2. The molecular formula is C19H24N2. The Hall–Kier alpha value is -1.80. The number of rotatable bonds is 3. The van der Waals surface area contributed by atoms with Gasteiger partial charge in [-0.3, -0.25) is 0 Å². The van der Waals surface area contributed by atoms with Crippen molar-refractivity contribution in [3.63, 3.8) is 0 Å².